The van der Waals surface area contributed by atoms with Crippen LogP contribution in [0.2, 0.25) is 0 Å². The van der Waals surface area contributed by atoms with Gasteiger partial charge in [0.2, 0.25) is 0 Å². The number of nitrogens with zero attached hydrogens (tertiary/aromatic N) is 2. The van der Waals surface area contributed by atoms with E-state index in [1.807, 2.05) is 24.4 Å². The molecule has 0 aliphatic heterocycles. The molecule has 4 aromatic rings. The second-order valence-corrected chi connectivity index (χ2v) is 7.09. The zero-order valence-corrected chi connectivity index (χ0v) is 16.4. The number of nitrogens with one attached hydrogen (secondary N) is 2. The van der Waals surface area contributed by atoms with Crippen molar-refractivity contribution in [2.45, 2.75) is 33.4 Å². The van der Waals surface area contributed by atoms with Gasteiger partial charge in [-0.3, -0.25) is 9.59 Å². The van der Waals surface area contributed by atoms with Gasteiger partial charge in [-0.05, 0) is 43.5 Å². The van der Waals surface area contributed by atoms with E-state index in [1.165, 1.54) is 0 Å². The lowest BCUT2D eigenvalue weighted by Crippen LogP contribution is -2.34. The molecular formula is C22H22N4O3. The van der Waals surface area contributed by atoms with Gasteiger partial charge in [-0.1, -0.05) is 23.4 Å². The van der Waals surface area contributed by atoms with Gasteiger partial charge < -0.3 is 19.4 Å². The first-order valence-corrected chi connectivity index (χ1v) is 9.48. The molecule has 0 aliphatic rings. The van der Waals surface area contributed by atoms with E-state index in [0.29, 0.717) is 30.0 Å². The first-order valence-electron chi connectivity index (χ1n) is 9.48. The second kappa shape index (κ2) is 7.79. The first-order chi connectivity index (χ1) is 14.0. The Labute approximate surface area is 167 Å². The summed E-state index contributed by atoms with van der Waals surface area (Å²) in [7, 11) is 0. The third-order valence-corrected chi connectivity index (χ3v) is 5.00. The molecule has 0 saturated carbocycles. The molecule has 1 amide bonds. The number of benzene rings is 1. The molecule has 0 saturated heterocycles. The molecule has 0 fully saturated rings. The van der Waals surface area contributed by atoms with E-state index in [2.05, 4.69) is 21.5 Å². The predicted molar refractivity (Wildman–Crippen MR) is 110 cm³/mol. The van der Waals surface area contributed by atoms with Crippen LogP contribution >= 0.6 is 0 Å². The summed E-state index contributed by atoms with van der Waals surface area (Å²) in [4.78, 5) is 28.8. The number of aryl methyl sites for hydroxylation is 4. The SMILES string of the molecule is Cc1cc(CNC(=O)c2c(C)ccn(CCc3c[nH]c4ccccc34)c2=O)no1. The fourth-order valence-electron chi connectivity index (χ4n) is 3.46. The van der Waals surface area contributed by atoms with Gasteiger partial charge in [0.25, 0.3) is 11.5 Å². The van der Waals surface area contributed by atoms with E-state index >= 15 is 0 Å². The van der Waals surface area contributed by atoms with Gasteiger partial charge in [0, 0.05) is 35.9 Å². The maximum atomic E-state index is 12.9. The molecule has 4 rings (SSSR count). The van der Waals surface area contributed by atoms with Crippen molar-refractivity contribution < 1.29 is 9.32 Å². The van der Waals surface area contributed by atoms with Gasteiger partial charge in [0.05, 0.1) is 6.54 Å². The Kier molecular flexibility index (Phi) is 5.03. The van der Waals surface area contributed by atoms with Crippen LogP contribution in [0.3, 0.4) is 0 Å². The van der Waals surface area contributed by atoms with Crippen molar-refractivity contribution in [2.24, 2.45) is 0 Å². The minimum absolute atomic E-state index is 0.159. The van der Waals surface area contributed by atoms with Crippen LogP contribution in [0.25, 0.3) is 10.9 Å². The summed E-state index contributed by atoms with van der Waals surface area (Å²) in [6.45, 7) is 4.25. The molecular weight excluding hydrogens is 368 g/mol. The largest absolute Gasteiger partial charge is 0.361 e. The number of para-hydroxylation sites is 1. The highest BCUT2D eigenvalue weighted by atomic mass is 16.5. The number of amides is 1. The highest BCUT2D eigenvalue weighted by Crippen LogP contribution is 2.18. The van der Waals surface area contributed by atoms with Crippen LogP contribution in [0.1, 0.15) is 32.9 Å². The molecule has 7 heteroatoms. The third kappa shape index (κ3) is 3.85. The van der Waals surface area contributed by atoms with Gasteiger partial charge in [-0.15, -0.1) is 0 Å². The molecule has 0 aliphatic carbocycles. The maximum absolute atomic E-state index is 12.9. The molecule has 0 spiro atoms. The maximum Gasteiger partial charge on any atom is 0.263 e. The average Bonchev–Trinajstić information content (AvgIpc) is 3.32. The van der Waals surface area contributed by atoms with Crippen LogP contribution in [0.4, 0.5) is 0 Å². The molecule has 3 aromatic heterocycles. The van der Waals surface area contributed by atoms with Gasteiger partial charge in [-0.25, -0.2) is 0 Å². The Balaban J connectivity index is 1.51. The van der Waals surface area contributed by atoms with Gasteiger partial charge in [-0.2, -0.15) is 0 Å². The van der Waals surface area contributed by atoms with Crippen molar-refractivity contribution in [1.29, 1.82) is 0 Å². The van der Waals surface area contributed by atoms with Crippen molar-refractivity contribution in [3.8, 4) is 0 Å². The first kappa shape index (κ1) is 18.7. The van der Waals surface area contributed by atoms with Crippen molar-refractivity contribution in [1.82, 2.24) is 20.0 Å². The lowest BCUT2D eigenvalue weighted by molar-refractivity contribution is 0.0947. The normalized spacial score (nSPS) is 11.1. The molecule has 0 atom stereocenters. The Morgan fingerprint density at radius 2 is 2.07 bits per heavy atom. The van der Waals surface area contributed by atoms with Gasteiger partial charge in [0.1, 0.15) is 17.0 Å². The van der Waals surface area contributed by atoms with Crippen LogP contribution in [0.5, 0.6) is 0 Å². The number of rotatable bonds is 6. The minimum Gasteiger partial charge on any atom is -0.361 e. The molecule has 0 radical (unpaired) electrons. The zero-order chi connectivity index (χ0) is 20.4. The summed E-state index contributed by atoms with van der Waals surface area (Å²) in [6, 6.07) is 11.6. The number of carbonyl (C=O) groups excluding carboxylic acids is 1. The number of aromatic nitrogens is 3. The molecule has 0 bridgehead atoms. The number of hydrogen-bond acceptors (Lipinski definition) is 4. The quantitative estimate of drug-likeness (QED) is 0.529. The highest BCUT2D eigenvalue weighted by Gasteiger charge is 2.16. The molecule has 7 nitrogen and oxygen atoms in total. The molecule has 0 unspecified atom stereocenters. The van der Waals surface area contributed by atoms with Gasteiger partial charge in [0.15, 0.2) is 0 Å². The monoisotopic (exact) mass is 390 g/mol. The Hall–Kier alpha value is -3.61. The standard InChI is InChI=1S/C22H22N4O3/c1-14-7-9-26(10-8-16-12-23-19-6-4-3-5-18(16)19)22(28)20(14)21(27)24-13-17-11-15(2)29-25-17/h3-7,9,11-12,23H,8,10,13H2,1-2H3,(H,24,27). The van der Waals surface area contributed by atoms with Gasteiger partial charge >= 0.3 is 0 Å². The number of H-pyrrole nitrogens is 1. The lowest BCUT2D eigenvalue weighted by atomic mass is 10.1. The fraction of sp³-hybridized carbons (Fsp3) is 0.227. The minimum atomic E-state index is -0.408. The fourth-order valence-corrected chi connectivity index (χ4v) is 3.46. The van der Waals surface area contributed by atoms with E-state index < -0.39 is 5.91 Å². The van der Waals surface area contributed by atoms with E-state index in [-0.39, 0.29) is 17.7 Å². The van der Waals surface area contributed by atoms with Crippen LogP contribution in [0.15, 0.2) is 58.1 Å². The molecule has 29 heavy (non-hydrogen) atoms. The number of pyridine rings is 1. The Morgan fingerprint density at radius 1 is 1.24 bits per heavy atom. The molecule has 148 valence electrons. The average molecular weight is 390 g/mol. The summed E-state index contributed by atoms with van der Waals surface area (Å²) in [5.74, 6) is 0.263. The summed E-state index contributed by atoms with van der Waals surface area (Å²) in [6.07, 6.45) is 4.40. The van der Waals surface area contributed by atoms with Crippen LogP contribution in [0, 0.1) is 13.8 Å². The van der Waals surface area contributed by atoms with Crippen molar-refractivity contribution in [3.05, 3.63) is 87.3 Å². The molecule has 1 aromatic carbocycles. The third-order valence-electron chi connectivity index (χ3n) is 5.00. The highest BCUT2D eigenvalue weighted by molar-refractivity contribution is 5.95. The second-order valence-electron chi connectivity index (χ2n) is 7.09. The zero-order valence-electron chi connectivity index (χ0n) is 16.4. The number of aromatic amines is 1. The van der Waals surface area contributed by atoms with Crippen molar-refractivity contribution in [3.63, 3.8) is 0 Å². The molecule has 2 N–H and O–H groups in total. The van der Waals surface area contributed by atoms with E-state index in [0.717, 1.165) is 16.5 Å². The number of fused-ring (bicyclic) bond motifs is 1. The van der Waals surface area contributed by atoms with Crippen LogP contribution in [-0.4, -0.2) is 20.6 Å². The van der Waals surface area contributed by atoms with Crippen LogP contribution in [-0.2, 0) is 19.5 Å². The smallest absolute Gasteiger partial charge is 0.263 e. The van der Waals surface area contributed by atoms with Crippen LogP contribution < -0.4 is 10.9 Å². The molecule has 3 heterocycles. The topological polar surface area (TPSA) is 92.9 Å². The Bertz CT molecular complexity index is 1230. The summed E-state index contributed by atoms with van der Waals surface area (Å²) in [5.41, 5.74) is 3.34. The number of carbonyl (C=O) groups is 1. The van der Waals surface area contributed by atoms with E-state index in [4.69, 9.17) is 4.52 Å². The van der Waals surface area contributed by atoms with Crippen molar-refractivity contribution in [2.75, 3.05) is 0 Å². The Morgan fingerprint density at radius 3 is 2.86 bits per heavy atom. The van der Waals surface area contributed by atoms with E-state index in [9.17, 15) is 9.59 Å². The summed E-state index contributed by atoms with van der Waals surface area (Å²) >= 11 is 0. The lowest BCUT2D eigenvalue weighted by Gasteiger charge is -2.11. The number of hydrogen-bond donors (Lipinski definition) is 2. The summed E-state index contributed by atoms with van der Waals surface area (Å²) < 4.78 is 6.58. The van der Waals surface area contributed by atoms with Crippen molar-refractivity contribution >= 4 is 16.8 Å². The summed E-state index contributed by atoms with van der Waals surface area (Å²) in [5, 5.41) is 7.75. The predicted octanol–water partition coefficient (Wildman–Crippen LogP) is 3.11. The van der Waals surface area contributed by atoms with E-state index in [1.54, 1.807) is 36.7 Å².